The predicted octanol–water partition coefficient (Wildman–Crippen LogP) is -0.203. The predicted molar refractivity (Wildman–Crippen MR) is 164 cm³/mol. The second-order valence-corrected chi connectivity index (χ2v) is 15.8. The molecule has 0 aromatic rings. The summed E-state index contributed by atoms with van der Waals surface area (Å²) < 4.78 is 54.0. The summed E-state index contributed by atoms with van der Waals surface area (Å²) in [6, 6.07) is 0. The molecule has 16 heteroatoms. The third kappa shape index (κ3) is 3.65. The van der Waals surface area contributed by atoms with Gasteiger partial charge in [0.25, 0.3) is 5.79 Å². The van der Waals surface area contributed by atoms with E-state index in [9.17, 15) is 34.5 Å². The fourth-order valence-corrected chi connectivity index (χ4v) is 12.2. The number of aliphatic hydroxyl groups excluding tert-OH is 1. The molecule has 2 bridgehead atoms. The van der Waals surface area contributed by atoms with E-state index in [1.54, 1.807) is 33.8 Å². The van der Waals surface area contributed by atoms with Gasteiger partial charge in [-0.25, -0.2) is 9.59 Å². The summed E-state index contributed by atoms with van der Waals surface area (Å²) in [5.74, 6) is -9.76. The molecule has 3 saturated carbocycles. The number of epoxide rings is 1. The van der Waals surface area contributed by atoms with Gasteiger partial charge in [-0.1, -0.05) is 13.0 Å². The minimum absolute atomic E-state index is 0.235. The summed E-state index contributed by atoms with van der Waals surface area (Å²) >= 11 is 0. The van der Waals surface area contributed by atoms with Crippen LogP contribution in [0.15, 0.2) is 24.0 Å². The van der Waals surface area contributed by atoms with Gasteiger partial charge in [0.15, 0.2) is 5.60 Å². The van der Waals surface area contributed by atoms with Crippen molar-refractivity contribution in [2.75, 3.05) is 27.4 Å². The molecule has 7 fully saturated rings. The van der Waals surface area contributed by atoms with Gasteiger partial charge in [-0.3, -0.25) is 9.59 Å². The zero-order valence-corrected chi connectivity index (χ0v) is 29.4. The molecule has 0 aromatic heterocycles. The summed E-state index contributed by atoms with van der Waals surface area (Å²) in [7, 11) is 2.23. The first-order valence-corrected chi connectivity index (χ1v) is 17.2. The average Bonchev–Trinajstić information content (AvgIpc) is 3.47. The summed E-state index contributed by atoms with van der Waals surface area (Å²) in [6.07, 6.45) is -3.11. The second kappa shape index (κ2) is 10.5. The highest BCUT2D eigenvalue weighted by Crippen LogP contribution is 2.83. The molecule has 51 heavy (non-hydrogen) atoms. The molecule has 16 nitrogen and oxygen atoms in total. The molecular formula is C35H44O16. The number of rotatable bonds is 6. The maximum atomic E-state index is 14.2. The summed E-state index contributed by atoms with van der Waals surface area (Å²) in [5, 5.41) is 37.4. The maximum Gasteiger partial charge on any atom is 0.366 e. The van der Waals surface area contributed by atoms with Crippen molar-refractivity contribution in [3.8, 4) is 0 Å². The van der Waals surface area contributed by atoms with Crippen molar-refractivity contribution in [3.05, 3.63) is 24.0 Å². The van der Waals surface area contributed by atoms with E-state index >= 15 is 0 Å². The monoisotopic (exact) mass is 720 g/mol. The number of ether oxygens (including phenoxy) is 9. The number of aliphatic hydroxyl groups is 3. The van der Waals surface area contributed by atoms with E-state index in [1.807, 2.05) is 0 Å². The van der Waals surface area contributed by atoms with E-state index in [1.165, 1.54) is 19.3 Å². The highest BCUT2D eigenvalue weighted by atomic mass is 16.7. The van der Waals surface area contributed by atoms with E-state index in [0.29, 0.717) is 0 Å². The van der Waals surface area contributed by atoms with Gasteiger partial charge in [0.2, 0.25) is 6.29 Å². The molecule has 0 radical (unpaired) electrons. The Morgan fingerprint density at radius 3 is 2.31 bits per heavy atom. The molecule has 0 aromatic carbocycles. The van der Waals surface area contributed by atoms with Crippen molar-refractivity contribution in [1.82, 2.24) is 0 Å². The maximum absolute atomic E-state index is 14.2. The lowest BCUT2D eigenvalue weighted by atomic mass is 9.37. The number of hydrogen-bond acceptors (Lipinski definition) is 16. The van der Waals surface area contributed by atoms with Gasteiger partial charge in [0, 0.05) is 47.5 Å². The lowest BCUT2D eigenvalue weighted by Gasteiger charge is -2.65. The molecule has 280 valence electrons. The van der Waals surface area contributed by atoms with Crippen LogP contribution in [0, 0.1) is 34.0 Å². The third-order valence-corrected chi connectivity index (χ3v) is 14.1. The van der Waals surface area contributed by atoms with Crippen LogP contribution in [0.25, 0.3) is 0 Å². The fraction of sp³-hybridized carbons (Fsp3) is 0.771. The summed E-state index contributed by atoms with van der Waals surface area (Å²) in [5.41, 5.74) is -9.47. The molecule has 12 unspecified atom stereocenters. The minimum atomic E-state index is -2.82. The zero-order chi connectivity index (χ0) is 36.9. The van der Waals surface area contributed by atoms with Gasteiger partial charge in [-0.15, -0.1) is 0 Å². The van der Waals surface area contributed by atoms with Crippen LogP contribution in [0.2, 0.25) is 0 Å². The number of fused-ring (bicyclic) bond motifs is 7. The van der Waals surface area contributed by atoms with Crippen molar-refractivity contribution < 1.29 is 77.1 Å². The first-order valence-electron chi connectivity index (χ1n) is 17.2. The van der Waals surface area contributed by atoms with E-state index in [4.69, 9.17) is 42.6 Å². The Hall–Kier alpha value is -3.12. The molecule has 4 saturated heterocycles. The Morgan fingerprint density at radius 2 is 1.67 bits per heavy atom. The highest BCUT2D eigenvalue weighted by Gasteiger charge is 2.97. The SMILES string of the molecule is CC=C(C)C(=O)O[C@H]1CC(OC(C)=O)[C@@]2(C(=O)OC)CO[C@H]3C(O)C(C)(C45OC4(C)C4CC5OC5OC=CC54O)C4C(O)(C(=O)OC)OCC41[C@@H]32. The van der Waals surface area contributed by atoms with Gasteiger partial charge in [-0.05, 0) is 33.3 Å². The van der Waals surface area contributed by atoms with Gasteiger partial charge in [0.05, 0.1) is 52.0 Å². The van der Waals surface area contributed by atoms with E-state index in [-0.39, 0.29) is 18.4 Å². The smallest absolute Gasteiger partial charge is 0.366 e. The van der Waals surface area contributed by atoms with Crippen LogP contribution < -0.4 is 0 Å². The van der Waals surface area contributed by atoms with Crippen LogP contribution in [0.3, 0.4) is 0 Å². The Kier molecular flexibility index (Phi) is 7.20. The van der Waals surface area contributed by atoms with E-state index in [2.05, 4.69) is 0 Å². The standard InChI is InChI=1S/C35H44O16/c1-8-15(2)24(38)49-18-12-19(48-16(3)36)32(26(39)43-6)13-46-21-22(32)31(18)14-47-34(42,27(40)44-7)25(31)29(4,23(21)37)35-20-11-17(30(35,5)51-35)33(41)9-10-45-28(33)50-20/h8-10,17-23,25,28,37,41-42H,11-14H2,1-7H3/t17?,18-,19?,20?,21+,22+,23?,25?,28?,29?,30?,31?,32-,33?,34?,35?/m0/s1. The molecule has 8 aliphatic rings. The normalized spacial score (nSPS) is 53.9. The Labute approximate surface area is 293 Å². The van der Waals surface area contributed by atoms with Crippen molar-refractivity contribution in [1.29, 1.82) is 0 Å². The number of esters is 4. The lowest BCUT2D eigenvalue weighted by Crippen LogP contribution is -2.79. The van der Waals surface area contributed by atoms with E-state index in [0.717, 1.165) is 14.2 Å². The Morgan fingerprint density at radius 1 is 0.961 bits per heavy atom. The van der Waals surface area contributed by atoms with Crippen molar-refractivity contribution in [3.63, 3.8) is 0 Å². The molecule has 5 aliphatic heterocycles. The van der Waals surface area contributed by atoms with Crippen molar-refractivity contribution >= 4 is 23.9 Å². The number of hydrogen-bond donors (Lipinski definition) is 3. The molecule has 0 amide bonds. The number of carbonyl (C=O) groups is 4. The second-order valence-electron chi connectivity index (χ2n) is 15.8. The number of methoxy groups -OCH3 is 2. The lowest BCUT2D eigenvalue weighted by molar-refractivity contribution is -0.314. The van der Waals surface area contributed by atoms with Gasteiger partial charge in [-0.2, -0.15) is 0 Å². The topological polar surface area (TPSA) is 215 Å². The van der Waals surface area contributed by atoms with Crippen LogP contribution in [0.5, 0.6) is 0 Å². The van der Waals surface area contributed by atoms with Crippen LogP contribution >= 0.6 is 0 Å². The molecule has 16 atom stereocenters. The minimum Gasteiger partial charge on any atom is -0.469 e. The largest absolute Gasteiger partial charge is 0.469 e. The number of allylic oxidation sites excluding steroid dienone is 1. The average molecular weight is 721 g/mol. The van der Waals surface area contributed by atoms with Crippen molar-refractivity contribution in [2.45, 2.75) is 107 Å². The molecule has 3 aliphatic carbocycles. The first kappa shape index (κ1) is 34.9. The Bertz CT molecular complexity index is 1660. The van der Waals surface area contributed by atoms with Crippen molar-refractivity contribution in [2.24, 2.45) is 34.0 Å². The van der Waals surface area contributed by atoms with Gasteiger partial charge < -0.3 is 58.0 Å². The molecule has 8 rings (SSSR count). The molecule has 1 spiro atoms. The number of carbonyl (C=O) groups excluding carboxylic acids is 4. The van der Waals surface area contributed by atoms with Gasteiger partial charge >= 0.3 is 23.9 Å². The highest BCUT2D eigenvalue weighted by molar-refractivity contribution is 5.88. The molecule has 3 N–H and O–H groups in total. The van der Waals surface area contributed by atoms with Crippen LogP contribution in [-0.4, -0.2) is 126 Å². The van der Waals surface area contributed by atoms with Gasteiger partial charge in [0.1, 0.15) is 28.8 Å². The zero-order valence-electron chi connectivity index (χ0n) is 29.4. The summed E-state index contributed by atoms with van der Waals surface area (Å²) in [6.45, 7) is 6.88. The first-order chi connectivity index (χ1) is 23.9. The third-order valence-electron chi connectivity index (χ3n) is 14.1. The molecule has 5 heterocycles. The fourth-order valence-electron chi connectivity index (χ4n) is 12.2. The Balaban J connectivity index is 1.40. The van der Waals surface area contributed by atoms with Crippen LogP contribution in [0.1, 0.15) is 47.5 Å². The quantitative estimate of drug-likeness (QED) is 0.140. The summed E-state index contributed by atoms with van der Waals surface area (Å²) in [4.78, 5) is 54.4. The van der Waals surface area contributed by atoms with Crippen LogP contribution in [-0.2, 0) is 61.8 Å². The van der Waals surface area contributed by atoms with E-state index < -0.39 is 130 Å². The molecular weight excluding hydrogens is 676 g/mol. The van der Waals surface area contributed by atoms with Crippen LogP contribution in [0.4, 0.5) is 0 Å².